The van der Waals surface area contributed by atoms with Gasteiger partial charge in [-0.2, -0.15) is 5.10 Å². The lowest BCUT2D eigenvalue weighted by Gasteiger charge is -2.12. The number of hydrogen-bond acceptors (Lipinski definition) is 4. The molecule has 0 spiro atoms. The van der Waals surface area contributed by atoms with Gasteiger partial charge in [0.05, 0.1) is 18.4 Å². The molecule has 2 heterocycles. The number of aromatic nitrogens is 4. The second kappa shape index (κ2) is 10.4. The fraction of sp³-hybridized carbons (Fsp3) is 0.148. The molecule has 0 bridgehead atoms. The Morgan fingerprint density at radius 1 is 0.844 bits per heavy atom. The first kappa shape index (κ1) is 21.2. The van der Waals surface area contributed by atoms with Gasteiger partial charge in [-0.1, -0.05) is 66.7 Å². The molecule has 2 N–H and O–H groups in total. The van der Waals surface area contributed by atoms with E-state index in [1.54, 1.807) is 6.20 Å². The van der Waals surface area contributed by atoms with E-state index >= 15 is 0 Å². The number of aryl methyl sites for hydroxylation is 2. The number of hydrogen-bond donors (Lipinski definition) is 2. The fourth-order valence-electron chi connectivity index (χ4n) is 3.58. The predicted molar refractivity (Wildman–Crippen MR) is 130 cm³/mol. The smallest absolute Gasteiger partial charge is 0.136 e. The lowest BCUT2D eigenvalue weighted by atomic mass is 10.0. The van der Waals surface area contributed by atoms with Crippen LogP contribution in [0.15, 0.2) is 91.3 Å². The summed E-state index contributed by atoms with van der Waals surface area (Å²) in [5, 5.41) is 11.3. The minimum Gasteiger partial charge on any atom is -0.364 e. The summed E-state index contributed by atoms with van der Waals surface area (Å²) in [7, 11) is 0. The number of H-pyrrole nitrogens is 1. The first-order chi connectivity index (χ1) is 15.7. The Labute approximate surface area is 188 Å². The summed E-state index contributed by atoms with van der Waals surface area (Å²) in [5.41, 5.74) is 7.13. The minimum absolute atomic E-state index is 0.575. The third-order valence-corrected chi connectivity index (χ3v) is 5.27. The zero-order valence-electron chi connectivity index (χ0n) is 18.4. The summed E-state index contributed by atoms with van der Waals surface area (Å²) < 4.78 is 0. The van der Waals surface area contributed by atoms with E-state index in [1.807, 2.05) is 62.5 Å². The molecule has 4 aromatic rings. The average Bonchev–Trinajstić information content (AvgIpc) is 2.88. The summed E-state index contributed by atoms with van der Waals surface area (Å²) in [4.78, 5) is 9.51. The molecule has 2 aromatic heterocycles. The van der Waals surface area contributed by atoms with Gasteiger partial charge in [-0.05, 0) is 42.7 Å². The van der Waals surface area contributed by atoms with Crippen molar-refractivity contribution in [3.05, 3.63) is 119 Å². The lowest BCUT2D eigenvalue weighted by molar-refractivity contribution is 0.980. The maximum absolute atomic E-state index is 5.07. The molecule has 160 valence electrons. The Morgan fingerprint density at radius 3 is 2.28 bits per heavy atom. The molecule has 0 unspecified atom stereocenters. The quantitative estimate of drug-likeness (QED) is 0.412. The van der Waals surface area contributed by atoms with Gasteiger partial charge in [0.2, 0.25) is 0 Å². The van der Waals surface area contributed by atoms with E-state index < -0.39 is 0 Å². The second-order valence-corrected chi connectivity index (χ2v) is 7.64. The fourth-order valence-corrected chi connectivity index (χ4v) is 3.58. The molecule has 4 rings (SSSR count). The summed E-state index contributed by atoms with van der Waals surface area (Å²) in [6.07, 6.45) is 4.44. The van der Waals surface area contributed by atoms with Gasteiger partial charge in [-0.15, -0.1) is 0 Å². The van der Waals surface area contributed by atoms with Gasteiger partial charge < -0.3 is 5.32 Å². The third kappa shape index (κ3) is 5.38. The summed E-state index contributed by atoms with van der Waals surface area (Å²) in [6.45, 7) is 4.64. The molecule has 5 nitrogen and oxygen atoms in total. The first-order valence-corrected chi connectivity index (χ1v) is 10.7. The van der Waals surface area contributed by atoms with E-state index in [-0.39, 0.29) is 0 Å². The highest BCUT2D eigenvalue weighted by molar-refractivity contribution is 5.76. The van der Waals surface area contributed by atoms with Crippen LogP contribution >= 0.6 is 0 Å². The molecular weight excluding hydrogens is 394 g/mol. The molecule has 0 aliphatic carbocycles. The summed E-state index contributed by atoms with van der Waals surface area (Å²) in [5.74, 6) is 0.792. The van der Waals surface area contributed by atoms with Gasteiger partial charge in [0.1, 0.15) is 5.82 Å². The number of rotatable bonds is 6. The number of nitrogens with zero attached hydrogens (tertiary/aromatic N) is 3. The standard InChI is InChI=1S/C27H27N5/c1-20-24(17-22-11-5-3-6-12-22)18-30-32-21(2)26(23-13-7-4-8-14-23)27(31-20)29-19-25-15-9-10-16-28-25/h3-16,18,32H,17,19H2,1-2H3,(H,29,31). The van der Waals surface area contributed by atoms with Crippen LogP contribution in [-0.4, -0.2) is 20.2 Å². The molecule has 5 heteroatoms. The topological polar surface area (TPSA) is 66.5 Å². The normalized spacial score (nSPS) is 10.4. The van der Waals surface area contributed by atoms with Crippen molar-refractivity contribution in [3.63, 3.8) is 0 Å². The predicted octanol–water partition coefficient (Wildman–Crippen LogP) is 5.81. The number of benzene rings is 2. The van der Waals surface area contributed by atoms with Crippen LogP contribution in [0.3, 0.4) is 0 Å². The van der Waals surface area contributed by atoms with Crippen LogP contribution in [0, 0.1) is 13.8 Å². The van der Waals surface area contributed by atoms with Crippen molar-refractivity contribution in [1.82, 2.24) is 20.2 Å². The molecule has 0 fully saturated rings. The highest BCUT2D eigenvalue weighted by Crippen LogP contribution is 2.28. The summed E-state index contributed by atoms with van der Waals surface area (Å²) >= 11 is 0. The van der Waals surface area contributed by atoms with E-state index in [0.717, 1.165) is 46.0 Å². The van der Waals surface area contributed by atoms with Crippen LogP contribution in [0.1, 0.15) is 28.2 Å². The van der Waals surface area contributed by atoms with Gasteiger partial charge >= 0.3 is 0 Å². The van der Waals surface area contributed by atoms with Crippen molar-refractivity contribution < 1.29 is 0 Å². The molecule has 2 aromatic carbocycles. The number of pyridine rings is 1. The largest absolute Gasteiger partial charge is 0.364 e. The minimum atomic E-state index is 0.575. The molecular formula is C27H27N5. The van der Waals surface area contributed by atoms with Crippen LogP contribution in [0.2, 0.25) is 0 Å². The number of anilines is 1. The molecule has 0 aliphatic heterocycles. The SMILES string of the molecule is Cc1nc(NCc2ccccn2)c(-c2ccccc2)c(C)[nH]ncc1Cc1ccccc1. The van der Waals surface area contributed by atoms with Crippen molar-refractivity contribution in [2.45, 2.75) is 26.8 Å². The van der Waals surface area contributed by atoms with Crippen molar-refractivity contribution in [2.75, 3.05) is 5.32 Å². The van der Waals surface area contributed by atoms with Gasteiger partial charge in [0, 0.05) is 29.6 Å². The monoisotopic (exact) mass is 421 g/mol. The maximum Gasteiger partial charge on any atom is 0.136 e. The van der Waals surface area contributed by atoms with E-state index in [2.05, 4.69) is 56.9 Å². The van der Waals surface area contributed by atoms with Crippen LogP contribution in [0.5, 0.6) is 0 Å². The van der Waals surface area contributed by atoms with Gasteiger partial charge in [0.15, 0.2) is 0 Å². The van der Waals surface area contributed by atoms with Gasteiger partial charge in [-0.3, -0.25) is 10.1 Å². The molecule has 32 heavy (non-hydrogen) atoms. The van der Waals surface area contributed by atoms with Crippen molar-refractivity contribution in [3.8, 4) is 11.1 Å². The van der Waals surface area contributed by atoms with E-state index in [9.17, 15) is 0 Å². The first-order valence-electron chi connectivity index (χ1n) is 10.7. The lowest BCUT2D eigenvalue weighted by Crippen LogP contribution is -2.05. The Kier molecular flexibility index (Phi) is 6.88. The molecule has 0 radical (unpaired) electrons. The molecule has 0 amide bonds. The van der Waals surface area contributed by atoms with E-state index in [4.69, 9.17) is 4.98 Å². The Morgan fingerprint density at radius 2 is 1.56 bits per heavy atom. The van der Waals surface area contributed by atoms with Crippen molar-refractivity contribution in [2.24, 2.45) is 0 Å². The Hall–Kier alpha value is -3.99. The number of nitrogens with one attached hydrogen (secondary N) is 2. The Balaban J connectivity index is 1.84. The average molecular weight is 422 g/mol. The van der Waals surface area contributed by atoms with Crippen molar-refractivity contribution in [1.29, 1.82) is 0 Å². The highest BCUT2D eigenvalue weighted by Gasteiger charge is 2.11. The Bertz CT molecular complexity index is 1200. The zero-order valence-corrected chi connectivity index (χ0v) is 18.4. The zero-order chi connectivity index (χ0) is 22.2. The van der Waals surface area contributed by atoms with Crippen molar-refractivity contribution >= 4 is 5.82 Å². The van der Waals surface area contributed by atoms with E-state index in [0.29, 0.717) is 6.54 Å². The second-order valence-electron chi connectivity index (χ2n) is 7.64. The number of aromatic amines is 1. The molecule has 0 saturated carbocycles. The summed E-state index contributed by atoms with van der Waals surface area (Å²) in [6, 6.07) is 26.6. The van der Waals surface area contributed by atoms with Crippen LogP contribution in [-0.2, 0) is 13.0 Å². The molecule has 0 aliphatic rings. The highest BCUT2D eigenvalue weighted by atomic mass is 15.1. The third-order valence-electron chi connectivity index (χ3n) is 5.27. The molecule has 0 atom stereocenters. The van der Waals surface area contributed by atoms with Crippen LogP contribution in [0.25, 0.3) is 11.1 Å². The van der Waals surface area contributed by atoms with Gasteiger partial charge in [0.25, 0.3) is 0 Å². The molecule has 0 saturated heterocycles. The van der Waals surface area contributed by atoms with Crippen LogP contribution < -0.4 is 5.32 Å². The van der Waals surface area contributed by atoms with Crippen LogP contribution in [0.4, 0.5) is 5.82 Å². The maximum atomic E-state index is 5.07. The van der Waals surface area contributed by atoms with Gasteiger partial charge in [-0.25, -0.2) is 4.98 Å². The van der Waals surface area contributed by atoms with E-state index in [1.165, 1.54) is 5.56 Å².